The first kappa shape index (κ1) is 13.2. The number of carbonyl (C=O) groups excluding carboxylic acids is 2. The van der Waals surface area contributed by atoms with Gasteiger partial charge in [0.05, 0.1) is 5.39 Å². The zero-order valence-corrected chi connectivity index (χ0v) is 11.3. The minimum absolute atomic E-state index is 0.184. The maximum Gasteiger partial charge on any atom is 0.280 e. The molecule has 1 fully saturated rings. The van der Waals surface area contributed by atoms with Crippen LogP contribution in [-0.2, 0) is 9.59 Å². The number of hydrogen-bond acceptors (Lipinski definition) is 6. The molecule has 0 spiro atoms. The van der Waals surface area contributed by atoms with Gasteiger partial charge in [0.15, 0.2) is 0 Å². The van der Waals surface area contributed by atoms with Crippen LogP contribution in [0.25, 0.3) is 10.9 Å². The normalized spacial score (nSPS) is 19.3. The van der Waals surface area contributed by atoms with Gasteiger partial charge < -0.3 is 5.73 Å². The standard InChI is InChI=1S/C13H13N5O3/c1-17-10(19)6-5-9(12(17)20)18-13(21)11-7(14)3-2-4-8(11)15-16-18/h2-4,9H,5-6,14H2,1H3. The number of nitrogens with zero attached hydrogens (tertiary/aromatic N) is 4. The highest BCUT2D eigenvalue weighted by molar-refractivity contribution is 5.99. The number of amides is 2. The highest BCUT2D eigenvalue weighted by Gasteiger charge is 2.34. The van der Waals surface area contributed by atoms with Crippen LogP contribution in [0.15, 0.2) is 23.0 Å². The number of imide groups is 1. The van der Waals surface area contributed by atoms with Gasteiger partial charge in [-0.05, 0) is 18.6 Å². The minimum Gasteiger partial charge on any atom is -0.398 e. The largest absolute Gasteiger partial charge is 0.398 e. The summed E-state index contributed by atoms with van der Waals surface area (Å²) >= 11 is 0. The maximum atomic E-state index is 12.5. The number of piperidine rings is 1. The van der Waals surface area contributed by atoms with Crippen molar-refractivity contribution in [3.05, 3.63) is 28.6 Å². The lowest BCUT2D eigenvalue weighted by Gasteiger charge is -2.27. The third-order valence-corrected chi connectivity index (χ3v) is 3.66. The second-order valence-electron chi connectivity index (χ2n) is 4.93. The van der Waals surface area contributed by atoms with E-state index in [0.29, 0.717) is 5.52 Å². The van der Waals surface area contributed by atoms with Crippen molar-refractivity contribution < 1.29 is 9.59 Å². The third-order valence-electron chi connectivity index (χ3n) is 3.66. The topological polar surface area (TPSA) is 111 Å². The summed E-state index contributed by atoms with van der Waals surface area (Å²) in [7, 11) is 1.39. The molecule has 0 bridgehead atoms. The van der Waals surface area contributed by atoms with E-state index >= 15 is 0 Å². The van der Waals surface area contributed by atoms with Crippen LogP contribution in [0.3, 0.4) is 0 Å². The first-order valence-electron chi connectivity index (χ1n) is 6.45. The van der Waals surface area contributed by atoms with Gasteiger partial charge in [-0.25, -0.2) is 0 Å². The molecule has 1 aliphatic rings. The number of fused-ring (bicyclic) bond motifs is 1. The second kappa shape index (κ2) is 4.65. The van der Waals surface area contributed by atoms with Crippen molar-refractivity contribution in [1.29, 1.82) is 0 Å². The number of likely N-dealkylation sites (N-methyl/N-ethyl adjacent to an activating group) is 1. The summed E-state index contributed by atoms with van der Waals surface area (Å²) in [5.74, 6) is -0.728. The summed E-state index contributed by atoms with van der Waals surface area (Å²) in [6.07, 6.45) is 0.415. The fourth-order valence-electron chi connectivity index (χ4n) is 2.45. The van der Waals surface area contributed by atoms with Gasteiger partial charge in [0.2, 0.25) is 5.91 Å². The maximum absolute atomic E-state index is 12.5. The minimum atomic E-state index is -0.822. The van der Waals surface area contributed by atoms with Crippen molar-refractivity contribution in [3.8, 4) is 0 Å². The van der Waals surface area contributed by atoms with Gasteiger partial charge in [-0.15, -0.1) is 5.10 Å². The molecular formula is C13H13N5O3. The van der Waals surface area contributed by atoms with Crippen molar-refractivity contribution in [2.45, 2.75) is 18.9 Å². The fourth-order valence-corrected chi connectivity index (χ4v) is 2.45. The Morgan fingerprint density at radius 2 is 2.05 bits per heavy atom. The van der Waals surface area contributed by atoms with E-state index in [9.17, 15) is 14.4 Å². The number of nitrogen functional groups attached to an aromatic ring is 1. The SMILES string of the molecule is CN1C(=O)CCC(n2nnc3cccc(N)c3c2=O)C1=O. The summed E-state index contributed by atoms with van der Waals surface area (Å²) < 4.78 is 1.02. The molecule has 1 atom stereocenters. The van der Waals surface area contributed by atoms with E-state index in [4.69, 9.17) is 5.73 Å². The van der Waals surface area contributed by atoms with Crippen LogP contribution in [0.1, 0.15) is 18.9 Å². The summed E-state index contributed by atoms with van der Waals surface area (Å²) in [4.78, 5) is 37.2. The molecule has 8 nitrogen and oxygen atoms in total. The van der Waals surface area contributed by atoms with Crippen molar-refractivity contribution in [1.82, 2.24) is 19.9 Å². The molecule has 0 saturated carbocycles. The predicted molar refractivity (Wildman–Crippen MR) is 74.3 cm³/mol. The molecule has 1 aliphatic heterocycles. The predicted octanol–water partition coefficient (Wildman–Crippen LogP) is -0.306. The smallest absolute Gasteiger partial charge is 0.280 e. The van der Waals surface area contributed by atoms with Crippen LogP contribution in [0.4, 0.5) is 5.69 Å². The van der Waals surface area contributed by atoms with Gasteiger partial charge >= 0.3 is 0 Å². The lowest BCUT2D eigenvalue weighted by molar-refractivity contribution is -0.149. The van der Waals surface area contributed by atoms with E-state index < -0.39 is 17.5 Å². The first-order chi connectivity index (χ1) is 10.0. The van der Waals surface area contributed by atoms with Gasteiger partial charge in [-0.3, -0.25) is 19.3 Å². The van der Waals surface area contributed by atoms with Gasteiger partial charge in [0, 0.05) is 19.2 Å². The van der Waals surface area contributed by atoms with Gasteiger partial charge in [0.25, 0.3) is 11.5 Å². The third kappa shape index (κ3) is 1.95. The van der Waals surface area contributed by atoms with E-state index in [1.54, 1.807) is 18.2 Å². The Balaban J connectivity index is 2.16. The molecule has 1 unspecified atom stereocenters. The van der Waals surface area contributed by atoms with Crippen LogP contribution >= 0.6 is 0 Å². The molecule has 2 N–H and O–H groups in total. The zero-order valence-electron chi connectivity index (χ0n) is 11.3. The number of benzene rings is 1. The Morgan fingerprint density at radius 1 is 1.29 bits per heavy atom. The molecule has 108 valence electrons. The van der Waals surface area contributed by atoms with Crippen molar-refractivity contribution in [3.63, 3.8) is 0 Å². The van der Waals surface area contributed by atoms with Crippen LogP contribution in [0.2, 0.25) is 0 Å². The molecule has 3 rings (SSSR count). The quantitative estimate of drug-likeness (QED) is 0.569. The molecule has 0 radical (unpaired) electrons. The molecule has 21 heavy (non-hydrogen) atoms. The Kier molecular flexibility index (Phi) is 2.93. The number of carbonyl (C=O) groups is 2. The van der Waals surface area contributed by atoms with Crippen LogP contribution < -0.4 is 11.3 Å². The van der Waals surface area contributed by atoms with Crippen LogP contribution in [0, 0.1) is 0 Å². The summed E-state index contributed by atoms with van der Waals surface area (Å²) in [5.41, 5.74) is 6.00. The Labute approximate surface area is 119 Å². The summed E-state index contributed by atoms with van der Waals surface area (Å²) in [5, 5.41) is 7.99. The summed E-state index contributed by atoms with van der Waals surface area (Å²) in [6.45, 7) is 0. The first-order valence-corrected chi connectivity index (χ1v) is 6.45. The van der Waals surface area contributed by atoms with E-state index in [1.165, 1.54) is 7.05 Å². The number of likely N-dealkylation sites (tertiary alicyclic amines) is 1. The van der Waals surface area contributed by atoms with Gasteiger partial charge in [0.1, 0.15) is 11.6 Å². The van der Waals surface area contributed by atoms with E-state index in [-0.39, 0.29) is 29.8 Å². The average Bonchev–Trinajstić information content (AvgIpc) is 2.46. The van der Waals surface area contributed by atoms with Gasteiger partial charge in [-0.2, -0.15) is 4.68 Å². The number of nitrogens with two attached hydrogens (primary N) is 1. The molecule has 2 aromatic rings. The monoisotopic (exact) mass is 287 g/mol. The van der Waals surface area contributed by atoms with Crippen LogP contribution in [-0.4, -0.2) is 38.8 Å². The van der Waals surface area contributed by atoms with Crippen LogP contribution in [0.5, 0.6) is 0 Å². The Morgan fingerprint density at radius 3 is 2.81 bits per heavy atom. The fraction of sp³-hybridized carbons (Fsp3) is 0.308. The number of hydrogen-bond donors (Lipinski definition) is 1. The molecule has 0 aliphatic carbocycles. The Hall–Kier alpha value is -2.77. The molecule has 1 aromatic carbocycles. The molecular weight excluding hydrogens is 274 g/mol. The lowest BCUT2D eigenvalue weighted by atomic mass is 10.0. The molecule has 2 heterocycles. The van der Waals surface area contributed by atoms with Gasteiger partial charge in [-0.1, -0.05) is 11.3 Å². The zero-order chi connectivity index (χ0) is 15.1. The van der Waals surface area contributed by atoms with Crippen molar-refractivity contribution in [2.75, 3.05) is 12.8 Å². The van der Waals surface area contributed by atoms with E-state index in [0.717, 1.165) is 9.58 Å². The second-order valence-corrected chi connectivity index (χ2v) is 4.93. The number of rotatable bonds is 1. The molecule has 1 saturated heterocycles. The lowest BCUT2D eigenvalue weighted by Crippen LogP contribution is -2.46. The molecule has 8 heteroatoms. The van der Waals surface area contributed by atoms with Crippen molar-refractivity contribution in [2.24, 2.45) is 0 Å². The highest BCUT2D eigenvalue weighted by Crippen LogP contribution is 2.22. The summed E-state index contributed by atoms with van der Waals surface area (Å²) in [6, 6.07) is 4.07. The Bertz CT molecular complexity index is 813. The van der Waals surface area contributed by atoms with E-state index in [2.05, 4.69) is 10.3 Å². The molecule has 1 aromatic heterocycles. The average molecular weight is 287 g/mol. The van der Waals surface area contributed by atoms with E-state index in [1.807, 2.05) is 0 Å². The number of aromatic nitrogens is 3. The highest BCUT2D eigenvalue weighted by atomic mass is 16.2. The number of anilines is 1. The molecule has 2 amide bonds. The van der Waals surface area contributed by atoms with Crippen molar-refractivity contribution >= 4 is 28.4 Å².